The second kappa shape index (κ2) is 3.37. The van der Waals surface area contributed by atoms with Crippen molar-refractivity contribution in [2.45, 2.75) is 12.3 Å². The van der Waals surface area contributed by atoms with Crippen molar-refractivity contribution >= 4 is 0 Å². The molecule has 0 spiro atoms. The monoisotopic (exact) mass is 188 g/mol. The topological polar surface area (TPSA) is 69.2 Å². The Balaban J connectivity index is 4.67. The summed E-state index contributed by atoms with van der Waals surface area (Å²) in [4.78, 5) is 8.22. The van der Waals surface area contributed by atoms with Gasteiger partial charge in [0, 0.05) is 0 Å². The second-order valence-electron chi connectivity index (χ2n) is 1.79. The third kappa shape index (κ3) is 2.36. The van der Waals surface area contributed by atoms with Crippen LogP contribution in [0.25, 0.3) is 0 Å². The number of hydrogen-bond donors (Lipinski definition) is 1. The van der Waals surface area contributed by atoms with Gasteiger partial charge < -0.3 is 5.73 Å². The van der Waals surface area contributed by atoms with Crippen LogP contribution in [0.1, 0.15) is 0 Å². The van der Waals surface area contributed by atoms with Gasteiger partial charge in [0.2, 0.25) is 0 Å². The van der Waals surface area contributed by atoms with Crippen LogP contribution in [0, 0.1) is 10.1 Å². The van der Waals surface area contributed by atoms with Gasteiger partial charge in [-0.3, -0.25) is 10.1 Å². The third-order valence-corrected chi connectivity index (χ3v) is 0.903. The number of nitro groups is 1. The van der Waals surface area contributed by atoms with Crippen molar-refractivity contribution in [3.63, 3.8) is 0 Å². The van der Waals surface area contributed by atoms with E-state index in [1.807, 2.05) is 0 Å². The summed E-state index contributed by atoms with van der Waals surface area (Å²) < 4.78 is 46.9. The molecule has 0 aliphatic carbocycles. The van der Waals surface area contributed by atoms with Gasteiger partial charge in [0.05, 0.1) is 4.92 Å². The standard InChI is InChI=1S/C4H4F4N2O2/c5-3(6)4(7,8)2(9)1-10(11)12/h1,3H,9H2/b2-1-. The lowest BCUT2D eigenvalue weighted by Gasteiger charge is -2.12. The van der Waals surface area contributed by atoms with Crippen molar-refractivity contribution in [1.82, 2.24) is 0 Å². The molecule has 0 aromatic carbocycles. The van der Waals surface area contributed by atoms with Crippen LogP contribution in [0.3, 0.4) is 0 Å². The van der Waals surface area contributed by atoms with Gasteiger partial charge in [-0.2, -0.15) is 8.78 Å². The van der Waals surface area contributed by atoms with Gasteiger partial charge in [0.25, 0.3) is 6.20 Å². The summed E-state index contributed by atoms with van der Waals surface area (Å²) in [6.45, 7) is 0. The van der Waals surface area contributed by atoms with Crippen molar-refractivity contribution in [2.24, 2.45) is 5.73 Å². The molecule has 0 rings (SSSR count). The summed E-state index contributed by atoms with van der Waals surface area (Å²) in [5.74, 6) is -4.65. The normalized spacial score (nSPS) is 13.6. The van der Waals surface area contributed by atoms with Crippen LogP contribution >= 0.6 is 0 Å². The number of rotatable bonds is 3. The molecule has 0 aliphatic rings. The van der Waals surface area contributed by atoms with E-state index in [9.17, 15) is 27.7 Å². The molecule has 0 atom stereocenters. The maximum absolute atomic E-state index is 12.1. The zero-order valence-corrected chi connectivity index (χ0v) is 5.51. The summed E-state index contributed by atoms with van der Waals surface area (Å²) in [5, 5.41) is 9.55. The molecule has 0 aliphatic heterocycles. The van der Waals surface area contributed by atoms with Gasteiger partial charge in [-0.05, 0) is 0 Å². The lowest BCUT2D eigenvalue weighted by atomic mass is 10.3. The van der Waals surface area contributed by atoms with Crippen LogP contribution in [0.15, 0.2) is 11.9 Å². The first-order valence-electron chi connectivity index (χ1n) is 2.55. The molecule has 0 heterocycles. The average molecular weight is 188 g/mol. The van der Waals surface area contributed by atoms with Gasteiger partial charge in [-0.1, -0.05) is 0 Å². The molecular formula is C4H4F4N2O2. The molecule has 0 bridgehead atoms. The largest absolute Gasteiger partial charge is 0.392 e. The SMILES string of the molecule is N/C(=C\[N+](=O)[O-])C(F)(F)C(F)F. The van der Waals surface area contributed by atoms with E-state index in [1.165, 1.54) is 0 Å². The van der Waals surface area contributed by atoms with Crippen molar-refractivity contribution in [2.75, 3.05) is 0 Å². The average Bonchev–Trinajstić information content (AvgIpc) is 1.85. The quantitative estimate of drug-likeness (QED) is 0.407. The number of nitrogens with two attached hydrogens (primary N) is 1. The lowest BCUT2D eigenvalue weighted by molar-refractivity contribution is -0.405. The Morgan fingerprint density at radius 1 is 1.58 bits per heavy atom. The highest BCUT2D eigenvalue weighted by Gasteiger charge is 2.45. The Morgan fingerprint density at radius 3 is 2.25 bits per heavy atom. The molecule has 8 heteroatoms. The first kappa shape index (κ1) is 10.7. The number of allylic oxidation sites excluding steroid dienone is 1. The van der Waals surface area contributed by atoms with Crippen LogP contribution in [0.4, 0.5) is 17.6 Å². The number of nitrogens with zero attached hydrogens (tertiary/aromatic N) is 1. The molecule has 70 valence electrons. The van der Waals surface area contributed by atoms with E-state index in [4.69, 9.17) is 0 Å². The molecule has 2 N–H and O–H groups in total. The Labute approximate surface area is 63.8 Å². The fourth-order valence-corrected chi connectivity index (χ4v) is 0.326. The number of alkyl halides is 4. The number of hydrogen-bond acceptors (Lipinski definition) is 3. The fraction of sp³-hybridized carbons (Fsp3) is 0.500. The van der Waals surface area contributed by atoms with Crippen molar-refractivity contribution in [3.8, 4) is 0 Å². The van der Waals surface area contributed by atoms with Crippen LogP contribution in [0.5, 0.6) is 0 Å². The zero-order valence-electron chi connectivity index (χ0n) is 5.51. The van der Waals surface area contributed by atoms with Gasteiger partial charge >= 0.3 is 12.3 Å². The highest BCUT2D eigenvalue weighted by molar-refractivity contribution is 5.06. The van der Waals surface area contributed by atoms with Gasteiger partial charge in [0.15, 0.2) is 5.70 Å². The molecule has 0 aromatic rings. The van der Waals surface area contributed by atoms with Crippen LogP contribution in [-0.2, 0) is 0 Å². The first-order chi connectivity index (χ1) is 5.28. The summed E-state index contributed by atoms with van der Waals surface area (Å²) >= 11 is 0. The molecule has 0 aromatic heterocycles. The summed E-state index contributed by atoms with van der Waals surface area (Å²) in [5.41, 5.74) is 2.58. The Morgan fingerprint density at radius 2 is 2.00 bits per heavy atom. The molecule has 0 unspecified atom stereocenters. The molecular weight excluding hydrogens is 184 g/mol. The minimum Gasteiger partial charge on any atom is -0.392 e. The van der Waals surface area contributed by atoms with Gasteiger partial charge in [-0.15, -0.1) is 0 Å². The Bertz CT molecular complexity index is 215. The van der Waals surface area contributed by atoms with E-state index in [0.717, 1.165) is 0 Å². The smallest absolute Gasteiger partial charge is 0.352 e. The Kier molecular flexibility index (Phi) is 2.99. The highest BCUT2D eigenvalue weighted by Crippen LogP contribution is 2.27. The van der Waals surface area contributed by atoms with E-state index in [-0.39, 0.29) is 6.20 Å². The summed E-state index contributed by atoms with van der Waals surface area (Å²) in [6.07, 6.45) is -4.40. The molecule has 4 nitrogen and oxygen atoms in total. The van der Waals surface area contributed by atoms with E-state index in [1.54, 1.807) is 0 Å². The highest BCUT2D eigenvalue weighted by atomic mass is 19.3. The van der Waals surface area contributed by atoms with E-state index >= 15 is 0 Å². The molecule has 0 amide bonds. The molecule has 0 saturated heterocycles. The summed E-state index contributed by atoms with van der Waals surface area (Å²) in [6, 6.07) is 0. The van der Waals surface area contributed by atoms with E-state index in [2.05, 4.69) is 5.73 Å². The third-order valence-electron chi connectivity index (χ3n) is 0.903. The van der Waals surface area contributed by atoms with Crippen LogP contribution in [0.2, 0.25) is 0 Å². The van der Waals surface area contributed by atoms with Crippen LogP contribution < -0.4 is 5.73 Å². The lowest BCUT2D eigenvalue weighted by Crippen LogP contribution is -2.33. The first-order valence-corrected chi connectivity index (χ1v) is 2.55. The minimum atomic E-state index is -4.65. The number of halogens is 4. The van der Waals surface area contributed by atoms with Gasteiger partial charge in [-0.25, -0.2) is 8.78 Å². The van der Waals surface area contributed by atoms with Crippen molar-refractivity contribution in [1.29, 1.82) is 0 Å². The molecule has 0 fully saturated rings. The predicted molar refractivity (Wildman–Crippen MR) is 30.2 cm³/mol. The second-order valence-corrected chi connectivity index (χ2v) is 1.79. The Hall–Kier alpha value is -1.34. The van der Waals surface area contributed by atoms with Crippen LogP contribution in [-0.4, -0.2) is 17.3 Å². The minimum absolute atomic E-state index is 0.355. The van der Waals surface area contributed by atoms with E-state index in [0.29, 0.717) is 0 Å². The van der Waals surface area contributed by atoms with E-state index < -0.39 is 23.0 Å². The predicted octanol–water partition coefficient (Wildman–Crippen LogP) is 0.964. The molecule has 12 heavy (non-hydrogen) atoms. The fourth-order valence-electron chi connectivity index (χ4n) is 0.326. The maximum atomic E-state index is 12.1. The molecule has 0 saturated carbocycles. The summed E-state index contributed by atoms with van der Waals surface area (Å²) in [7, 11) is 0. The zero-order chi connectivity index (χ0) is 9.94. The van der Waals surface area contributed by atoms with Gasteiger partial charge in [0.1, 0.15) is 0 Å². The molecule has 0 radical (unpaired) electrons. The maximum Gasteiger partial charge on any atom is 0.352 e. The van der Waals surface area contributed by atoms with Crippen molar-refractivity contribution in [3.05, 3.63) is 22.0 Å². The van der Waals surface area contributed by atoms with Crippen molar-refractivity contribution < 1.29 is 22.5 Å².